The van der Waals surface area contributed by atoms with Gasteiger partial charge in [0.05, 0.1) is 12.0 Å². The molecule has 4 rings (SSSR count). The molecule has 1 unspecified atom stereocenters. The molecule has 8 nitrogen and oxygen atoms in total. The van der Waals surface area contributed by atoms with E-state index in [1.54, 1.807) is 0 Å². The number of hydrogen-bond donors (Lipinski definition) is 1. The largest absolute Gasteiger partial charge is 0.468 e. The Bertz CT molecular complexity index is 1050. The molecule has 1 atom stereocenters. The molecule has 232 valence electrons. The number of esters is 2. The highest BCUT2D eigenvalue weighted by Gasteiger charge is 2.70. The van der Waals surface area contributed by atoms with Crippen LogP contribution in [-0.2, 0) is 33.9 Å². The van der Waals surface area contributed by atoms with Gasteiger partial charge in [-0.1, -0.05) is 0 Å². The zero-order valence-corrected chi connectivity index (χ0v) is 21.1. The third-order valence-corrected chi connectivity index (χ3v) is 8.35. The molecule has 4 aliphatic carbocycles. The number of ether oxygens (including phenoxy) is 3. The van der Waals surface area contributed by atoms with Gasteiger partial charge < -0.3 is 14.2 Å². The minimum atomic E-state index is -6.68. The van der Waals surface area contributed by atoms with Crippen molar-refractivity contribution in [1.29, 1.82) is 0 Å². The lowest BCUT2D eigenvalue weighted by atomic mass is 9.49. The first-order valence-electron chi connectivity index (χ1n) is 11.9. The summed E-state index contributed by atoms with van der Waals surface area (Å²) in [6.45, 7) is -4.35. The second kappa shape index (κ2) is 10.4. The third kappa shape index (κ3) is 6.29. The van der Waals surface area contributed by atoms with Crippen LogP contribution in [-0.4, -0.2) is 67.4 Å². The Kier molecular flexibility index (Phi) is 8.51. The van der Waals surface area contributed by atoms with Gasteiger partial charge in [-0.25, -0.2) is 4.79 Å². The molecule has 4 aliphatic rings. The van der Waals surface area contributed by atoms with Crippen LogP contribution in [0.1, 0.15) is 51.4 Å². The molecule has 0 spiro atoms. The van der Waals surface area contributed by atoms with Gasteiger partial charge in [-0.3, -0.25) is 9.35 Å². The van der Waals surface area contributed by atoms with E-state index in [1.165, 1.54) is 0 Å². The van der Waals surface area contributed by atoms with Gasteiger partial charge in [-0.2, -0.15) is 52.3 Å². The number of hydrogen-bond acceptors (Lipinski definition) is 7. The van der Waals surface area contributed by atoms with Crippen molar-refractivity contribution >= 4 is 22.1 Å². The molecule has 0 radical (unpaired) electrons. The van der Waals surface area contributed by atoms with Gasteiger partial charge in [0.15, 0.2) is 6.61 Å². The second-order valence-corrected chi connectivity index (χ2v) is 12.0. The molecule has 40 heavy (non-hydrogen) atoms. The Balaban J connectivity index is 1.86. The van der Waals surface area contributed by atoms with Crippen molar-refractivity contribution in [3.05, 3.63) is 0 Å². The molecular weight excluding hydrogens is 602 g/mol. The Hall–Kier alpha value is -1.89. The maximum Gasteiger partial charge on any atom is 0.468 e. The van der Waals surface area contributed by atoms with Crippen LogP contribution in [0.25, 0.3) is 0 Å². The summed E-state index contributed by atoms with van der Waals surface area (Å²) in [6.07, 6.45) is -13.0. The van der Waals surface area contributed by atoms with Crippen LogP contribution in [0.4, 0.5) is 43.9 Å². The maximum atomic E-state index is 14.2. The molecule has 0 aliphatic heterocycles. The third-order valence-electron chi connectivity index (χ3n) is 7.41. The Labute approximate surface area is 220 Å². The van der Waals surface area contributed by atoms with Crippen LogP contribution in [0.2, 0.25) is 0 Å². The van der Waals surface area contributed by atoms with Crippen LogP contribution in [0.3, 0.4) is 0 Å². The smallest absolute Gasteiger partial charge is 0.451 e. The van der Waals surface area contributed by atoms with E-state index in [0.717, 1.165) is 0 Å². The van der Waals surface area contributed by atoms with Crippen molar-refractivity contribution < 1.29 is 80.7 Å². The first-order valence-corrected chi connectivity index (χ1v) is 13.3. The fraction of sp³-hybridized carbons (Fsp3) is 0.905. The van der Waals surface area contributed by atoms with E-state index >= 15 is 0 Å². The van der Waals surface area contributed by atoms with E-state index < -0.39 is 82.8 Å². The topological polar surface area (TPSA) is 116 Å². The number of rotatable bonds is 11. The summed E-state index contributed by atoms with van der Waals surface area (Å²) in [6, 6.07) is 0. The van der Waals surface area contributed by atoms with Gasteiger partial charge in [0.2, 0.25) is 0 Å². The second-order valence-electron chi connectivity index (χ2n) is 10.5. The molecule has 19 heteroatoms. The van der Waals surface area contributed by atoms with E-state index in [9.17, 15) is 61.9 Å². The van der Waals surface area contributed by atoms with E-state index in [-0.39, 0.29) is 37.0 Å². The summed E-state index contributed by atoms with van der Waals surface area (Å²) >= 11 is 0. The normalized spacial score (nSPS) is 28.7. The minimum Gasteiger partial charge on any atom is -0.451 e. The van der Waals surface area contributed by atoms with Crippen molar-refractivity contribution in [1.82, 2.24) is 0 Å². The van der Waals surface area contributed by atoms with Crippen LogP contribution in [0.5, 0.6) is 0 Å². The van der Waals surface area contributed by atoms with Gasteiger partial charge in [0.25, 0.3) is 0 Å². The highest BCUT2D eigenvalue weighted by molar-refractivity contribution is 7.87. The lowest BCUT2D eigenvalue weighted by molar-refractivity contribution is -0.361. The van der Waals surface area contributed by atoms with E-state index in [0.29, 0.717) is 19.3 Å². The van der Waals surface area contributed by atoms with Gasteiger partial charge in [0, 0.05) is 6.42 Å². The Morgan fingerprint density at radius 2 is 1.32 bits per heavy atom. The molecule has 1 N–H and O–H groups in total. The lowest BCUT2D eigenvalue weighted by Crippen LogP contribution is -2.61. The maximum absolute atomic E-state index is 14.2. The van der Waals surface area contributed by atoms with Crippen LogP contribution < -0.4 is 0 Å². The molecule has 4 bridgehead atoms. The molecule has 4 saturated carbocycles. The summed E-state index contributed by atoms with van der Waals surface area (Å²) < 4.78 is 176. The molecule has 0 saturated heterocycles. The van der Waals surface area contributed by atoms with Crippen molar-refractivity contribution in [3.63, 3.8) is 0 Å². The van der Waals surface area contributed by atoms with Gasteiger partial charge in [-0.15, -0.1) is 0 Å². The molecule has 0 heterocycles. The highest BCUT2D eigenvalue weighted by Crippen LogP contribution is 2.61. The zero-order chi connectivity index (χ0) is 30.6. The molecule has 0 aromatic rings. The molecule has 4 fully saturated rings. The summed E-state index contributed by atoms with van der Waals surface area (Å²) in [5, 5.41) is -6.07. The fourth-order valence-electron chi connectivity index (χ4n) is 6.07. The van der Waals surface area contributed by atoms with Crippen molar-refractivity contribution in [2.75, 3.05) is 13.2 Å². The summed E-state index contributed by atoms with van der Waals surface area (Å²) in [5.74, 6) is -15.1. The predicted octanol–water partition coefficient (Wildman–Crippen LogP) is 5.02. The Morgan fingerprint density at radius 1 is 0.850 bits per heavy atom. The van der Waals surface area contributed by atoms with Crippen LogP contribution in [0, 0.1) is 23.2 Å². The van der Waals surface area contributed by atoms with Gasteiger partial charge in [-0.05, 0) is 62.7 Å². The summed E-state index contributed by atoms with van der Waals surface area (Å²) in [4.78, 5) is 25.5. The average molecular weight is 626 g/mol. The first kappa shape index (κ1) is 32.6. The SMILES string of the molecule is O=C(OC(OCCCC(F)(F)C(F)(F)S(=O)(=O)O)(C(=O)OCC(F)(F)F)C(F)(F)F)C12CC3CC(CC(C3)C1)C2. The van der Waals surface area contributed by atoms with Crippen molar-refractivity contribution in [2.45, 2.75) is 80.7 Å². The standard InChI is InChI=1S/C21H24F10O8S/c22-17(23,21(30,31)40(34,35)36)2-1-3-38-19(20(27,28)29,15(33)37-10-18(24,25)26)39-14(32)16-7-11-4-12(8-16)6-13(5-11)9-16/h11-13H,1-10H2,(H,34,35,36). The van der Waals surface area contributed by atoms with Crippen LogP contribution >= 0.6 is 0 Å². The number of carbonyl (C=O) groups is 2. The fourth-order valence-corrected chi connectivity index (χ4v) is 6.55. The molecule has 0 aromatic carbocycles. The number of alkyl halides is 10. The average Bonchev–Trinajstić information content (AvgIpc) is 2.76. The number of halogens is 10. The summed E-state index contributed by atoms with van der Waals surface area (Å²) in [7, 11) is -6.68. The van der Waals surface area contributed by atoms with E-state index in [4.69, 9.17) is 4.55 Å². The van der Waals surface area contributed by atoms with Gasteiger partial charge >= 0.3 is 51.4 Å². The highest BCUT2D eigenvalue weighted by atomic mass is 32.2. The number of carbonyl (C=O) groups excluding carboxylic acids is 2. The van der Waals surface area contributed by atoms with Gasteiger partial charge in [0.1, 0.15) is 0 Å². The van der Waals surface area contributed by atoms with Crippen LogP contribution in [0.15, 0.2) is 0 Å². The zero-order valence-electron chi connectivity index (χ0n) is 20.3. The van der Waals surface area contributed by atoms with Crippen molar-refractivity contribution in [3.8, 4) is 0 Å². The predicted molar refractivity (Wildman–Crippen MR) is 109 cm³/mol. The van der Waals surface area contributed by atoms with E-state index in [1.807, 2.05) is 0 Å². The Morgan fingerprint density at radius 3 is 1.73 bits per heavy atom. The van der Waals surface area contributed by atoms with Crippen molar-refractivity contribution in [2.24, 2.45) is 23.2 Å². The minimum absolute atomic E-state index is 0.0520. The molecule has 0 amide bonds. The quantitative estimate of drug-likeness (QED) is 0.112. The molecular formula is C21H24F10O8S. The van der Waals surface area contributed by atoms with E-state index in [2.05, 4.69) is 14.2 Å². The first-order chi connectivity index (χ1) is 17.9. The summed E-state index contributed by atoms with van der Waals surface area (Å²) in [5.41, 5.74) is -1.52. The lowest BCUT2D eigenvalue weighted by Gasteiger charge is -2.55. The molecule has 0 aromatic heterocycles. The monoisotopic (exact) mass is 626 g/mol.